The van der Waals surface area contributed by atoms with Gasteiger partial charge in [0, 0.05) is 35.4 Å². The summed E-state index contributed by atoms with van der Waals surface area (Å²) in [6.45, 7) is 5.97. The lowest BCUT2D eigenvalue weighted by molar-refractivity contribution is 0.193. The van der Waals surface area contributed by atoms with Crippen molar-refractivity contribution in [2.75, 3.05) is 11.1 Å². The SMILES string of the molecule is CCS(=O)(=O)c1ccc(NC(=O)N(Cc2cccc(-c3nccs3)c2)C(C)C)cc1. The van der Waals surface area contributed by atoms with Crippen molar-refractivity contribution in [3.63, 3.8) is 0 Å². The molecule has 8 heteroatoms. The van der Waals surface area contributed by atoms with Gasteiger partial charge in [-0.1, -0.05) is 25.1 Å². The fourth-order valence-corrected chi connectivity index (χ4v) is 4.48. The van der Waals surface area contributed by atoms with Crippen LogP contribution in [-0.4, -0.2) is 36.1 Å². The summed E-state index contributed by atoms with van der Waals surface area (Å²) in [6.07, 6.45) is 1.78. The minimum absolute atomic E-state index is 0.0201. The lowest BCUT2D eigenvalue weighted by atomic mass is 10.1. The number of amides is 2. The van der Waals surface area contributed by atoms with Crippen LogP contribution in [0, 0.1) is 0 Å². The molecule has 0 aliphatic carbocycles. The fraction of sp³-hybridized carbons (Fsp3) is 0.273. The van der Waals surface area contributed by atoms with E-state index in [2.05, 4.69) is 10.3 Å². The summed E-state index contributed by atoms with van der Waals surface area (Å²) >= 11 is 1.58. The Hall–Kier alpha value is -2.71. The minimum Gasteiger partial charge on any atom is -0.318 e. The van der Waals surface area contributed by atoms with Crippen molar-refractivity contribution in [3.05, 3.63) is 65.7 Å². The average molecular weight is 444 g/mol. The highest BCUT2D eigenvalue weighted by atomic mass is 32.2. The zero-order valence-electron chi connectivity index (χ0n) is 17.2. The van der Waals surface area contributed by atoms with Crippen LogP contribution >= 0.6 is 11.3 Å². The highest BCUT2D eigenvalue weighted by molar-refractivity contribution is 7.91. The number of carbonyl (C=O) groups is 1. The molecule has 0 spiro atoms. The number of hydrogen-bond donors (Lipinski definition) is 1. The molecular weight excluding hydrogens is 418 g/mol. The zero-order chi connectivity index (χ0) is 21.7. The predicted octanol–water partition coefficient (Wildman–Crippen LogP) is 5.05. The van der Waals surface area contributed by atoms with Gasteiger partial charge in [-0.25, -0.2) is 18.2 Å². The number of aromatic nitrogens is 1. The Morgan fingerprint density at radius 2 is 1.90 bits per heavy atom. The van der Waals surface area contributed by atoms with E-state index in [0.717, 1.165) is 16.1 Å². The molecule has 1 N–H and O–H groups in total. The molecule has 1 aromatic heterocycles. The van der Waals surface area contributed by atoms with Crippen molar-refractivity contribution in [3.8, 4) is 10.6 Å². The van der Waals surface area contributed by atoms with Gasteiger partial charge in [0.05, 0.1) is 10.6 Å². The molecule has 0 aliphatic heterocycles. The summed E-state index contributed by atoms with van der Waals surface area (Å²) in [5.74, 6) is 0.0416. The average Bonchev–Trinajstić information content (AvgIpc) is 3.27. The Morgan fingerprint density at radius 1 is 1.17 bits per heavy atom. The molecule has 0 unspecified atom stereocenters. The van der Waals surface area contributed by atoms with E-state index >= 15 is 0 Å². The molecule has 3 rings (SSSR count). The van der Waals surface area contributed by atoms with Gasteiger partial charge < -0.3 is 10.2 Å². The molecule has 0 saturated carbocycles. The first-order valence-electron chi connectivity index (χ1n) is 9.69. The first kappa shape index (κ1) is 22.0. The van der Waals surface area contributed by atoms with Crippen LogP contribution in [0.15, 0.2) is 65.0 Å². The van der Waals surface area contributed by atoms with Crippen LogP contribution < -0.4 is 5.32 Å². The first-order valence-corrected chi connectivity index (χ1v) is 12.2. The number of urea groups is 1. The van der Waals surface area contributed by atoms with Crippen molar-refractivity contribution in [2.45, 2.75) is 38.3 Å². The molecule has 0 atom stereocenters. The van der Waals surface area contributed by atoms with Crippen LogP contribution in [0.25, 0.3) is 10.6 Å². The Balaban J connectivity index is 1.74. The van der Waals surface area contributed by atoms with Crippen LogP contribution in [0.1, 0.15) is 26.3 Å². The highest BCUT2D eigenvalue weighted by Crippen LogP contribution is 2.24. The van der Waals surface area contributed by atoms with Gasteiger partial charge in [0.1, 0.15) is 5.01 Å². The molecule has 158 valence electrons. The lowest BCUT2D eigenvalue weighted by Gasteiger charge is -2.27. The third-order valence-electron chi connectivity index (χ3n) is 4.69. The molecule has 0 fully saturated rings. The molecule has 2 amide bonds. The van der Waals surface area contributed by atoms with Gasteiger partial charge in [-0.15, -0.1) is 11.3 Å². The van der Waals surface area contributed by atoms with E-state index < -0.39 is 9.84 Å². The molecule has 0 aliphatic rings. The monoisotopic (exact) mass is 443 g/mol. The van der Waals surface area contributed by atoms with Crippen molar-refractivity contribution in [1.82, 2.24) is 9.88 Å². The van der Waals surface area contributed by atoms with Crippen LogP contribution in [0.5, 0.6) is 0 Å². The van der Waals surface area contributed by atoms with E-state index in [1.54, 1.807) is 41.5 Å². The van der Waals surface area contributed by atoms with Gasteiger partial charge in [0.2, 0.25) is 0 Å². The molecule has 0 saturated heterocycles. The molecule has 3 aromatic rings. The second-order valence-electron chi connectivity index (χ2n) is 7.12. The largest absolute Gasteiger partial charge is 0.322 e. The van der Waals surface area contributed by atoms with Crippen LogP contribution in [0.4, 0.5) is 10.5 Å². The number of sulfone groups is 1. The molecule has 1 heterocycles. The smallest absolute Gasteiger partial charge is 0.318 e. The maximum atomic E-state index is 12.9. The van der Waals surface area contributed by atoms with Gasteiger partial charge >= 0.3 is 6.03 Å². The minimum atomic E-state index is -3.26. The number of anilines is 1. The Kier molecular flexibility index (Phi) is 6.89. The van der Waals surface area contributed by atoms with Gasteiger partial charge in [-0.05, 0) is 49.7 Å². The van der Waals surface area contributed by atoms with E-state index in [4.69, 9.17) is 0 Å². The number of carbonyl (C=O) groups excluding carboxylic acids is 1. The van der Waals surface area contributed by atoms with Crippen LogP contribution in [0.3, 0.4) is 0 Å². The van der Waals surface area contributed by atoms with Crippen molar-refractivity contribution >= 4 is 32.9 Å². The normalized spacial score (nSPS) is 11.5. The summed E-state index contributed by atoms with van der Waals surface area (Å²) in [5, 5.41) is 5.75. The summed E-state index contributed by atoms with van der Waals surface area (Å²) < 4.78 is 23.9. The first-order chi connectivity index (χ1) is 14.3. The number of rotatable bonds is 7. The summed E-state index contributed by atoms with van der Waals surface area (Å²) in [4.78, 5) is 19.2. The lowest BCUT2D eigenvalue weighted by Crippen LogP contribution is -2.39. The Labute approximate surface area is 181 Å². The molecule has 0 radical (unpaired) electrons. The molecule has 2 aromatic carbocycles. The number of benzene rings is 2. The van der Waals surface area contributed by atoms with Crippen molar-refractivity contribution in [2.24, 2.45) is 0 Å². The number of thiazole rings is 1. The molecule has 30 heavy (non-hydrogen) atoms. The summed E-state index contributed by atoms with van der Waals surface area (Å²) in [5.41, 5.74) is 2.59. The molecule has 0 bridgehead atoms. The van der Waals surface area contributed by atoms with Crippen molar-refractivity contribution in [1.29, 1.82) is 0 Å². The van der Waals surface area contributed by atoms with E-state index in [1.165, 1.54) is 12.1 Å². The predicted molar refractivity (Wildman–Crippen MR) is 121 cm³/mol. The van der Waals surface area contributed by atoms with Crippen LogP contribution in [0.2, 0.25) is 0 Å². The van der Waals surface area contributed by atoms with Gasteiger partial charge in [-0.2, -0.15) is 0 Å². The zero-order valence-corrected chi connectivity index (χ0v) is 18.8. The Bertz CT molecular complexity index is 1090. The van der Waals surface area contributed by atoms with Crippen LogP contribution in [-0.2, 0) is 16.4 Å². The van der Waals surface area contributed by atoms with E-state index in [-0.39, 0.29) is 22.7 Å². The number of hydrogen-bond acceptors (Lipinski definition) is 5. The van der Waals surface area contributed by atoms with Gasteiger partial charge in [0.15, 0.2) is 9.84 Å². The maximum absolute atomic E-state index is 12.9. The van der Waals surface area contributed by atoms with Gasteiger partial charge in [0.25, 0.3) is 0 Å². The van der Waals surface area contributed by atoms with Gasteiger partial charge in [-0.3, -0.25) is 0 Å². The molecule has 6 nitrogen and oxygen atoms in total. The second-order valence-corrected chi connectivity index (χ2v) is 10.3. The number of nitrogens with zero attached hydrogens (tertiary/aromatic N) is 2. The second kappa shape index (κ2) is 9.40. The van der Waals surface area contributed by atoms with E-state index in [9.17, 15) is 13.2 Å². The fourth-order valence-electron chi connectivity index (χ4n) is 2.96. The Morgan fingerprint density at radius 3 is 2.50 bits per heavy atom. The maximum Gasteiger partial charge on any atom is 0.322 e. The summed E-state index contributed by atoms with van der Waals surface area (Å²) in [7, 11) is -3.26. The third-order valence-corrected chi connectivity index (χ3v) is 7.26. The van der Waals surface area contributed by atoms with Crippen molar-refractivity contribution < 1.29 is 13.2 Å². The summed E-state index contributed by atoms with van der Waals surface area (Å²) in [6, 6.07) is 14.0. The standard InChI is InChI=1S/C22H25N3O3S2/c1-4-30(27,28)20-10-8-19(9-11-20)24-22(26)25(16(2)3)15-17-6-5-7-18(14-17)21-23-12-13-29-21/h5-14,16H,4,15H2,1-3H3,(H,24,26). The van der Waals surface area contributed by atoms with E-state index in [0.29, 0.717) is 12.2 Å². The number of nitrogens with one attached hydrogen (secondary N) is 1. The molecular formula is C22H25N3O3S2. The quantitative estimate of drug-likeness (QED) is 0.554. The highest BCUT2D eigenvalue weighted by Gasteiger charge is 2.18. The third kappa shape index (κ3) is 5.25. The topological polar surface area (TPSA) is 79.4 Å². The van der Waals surface area contributed by atoms with E-state index in [1.807, 2.05) is 43.5 Å².